The van der Waals surface area contributed by atoms with E-state index in [9.17, 15) is 0 Å². The second kappa shape index (κ2) is 9.82. The van der Waals surface area contributed by atoms with Crippen LogP contribution in [0.15, 0.2) is 164 Å². The van der Waals surface area contributed by atoms with E-state index < -0.39 is 5.41 Å². The molecule has 48 heavy (non-hydrogen) atoms. The molecule has 0 radical (unpaired) electrons. The van der Waals surface area contributed by atoms with Crippen LogP contribution in [0.25, 0.3) is 22.3 Å². The Balaban J connectivity index is 1.22. The first-order valence-electron chi connectivity index (χ1n) is 16.8. The number of hydrogen-bond donors (Lipinski definition) is 0. The Hall–Kier alpha value is -5.86. The van der Waals surface area contributed by atoms with Gasteiger partial charge in [-0.05, 0) is 98.1 Å². The minimum Gasteiger partial charge on any atom is -0.453 e. The summed E-state index contributed by atoms with van der Waals surface area (Å²) in [5.41, 5.74) is 15.9. The first-order chi connectivity index (χ1) is 23.6. The van der Waals surface area contributed by atoms with Crippen molar-refractivity contribution in [3.05, 3.63) is 197 Å². The van der Waals surface area contributed by atoms with Gasteiger partial charge in [0.05, 0.1) is 16.8 Å². The highest BCUT2D eigenvalue weighted by molar-refractivity contribution is 5.90. The van der Waals surface area contributed by atoms with Gasteiger partial charge in [0.1, 0.15) is 0 Å². The van der Waals surface area contributed by atoms with Crippen LogP contribution in [0.3, 0.4) is 0 Å². The van der Waals surface area contributed by atoms with Crippen LogP contribution in [0.5, 0.6) is 11.5 Å². The Morgan fingerprint density at radius 1 is 0.417 bits per heavy atom. The lowest BCUT2D eigenvalue weighted by molar-refractivity contribution is 0.477. The minimum atomic E-state index is -0.412. The first kappa shape index (κ1) is 27.3. The summed E-state index contributed by atoms with van der Waals surface area (Å²) in [6.45, 7) is 4.77. The molecule has 1 spiro atoms. The zero-order valence-corrected chi connectivity index (χ0v) is 26.9. The summed E-state index contributed by atoms with van der Waals surface area (Å²) >= 11 is 0. The lowest BCUT2D eigenvalue weighted by Crippen LogP contribution is -2.40. The number of nitrogens with zero attached hydrogens (tertiary/aromatic N) is 1. The maximum atomic E-state index is 6.32. The van der Waals surface area contributed by atoms with E-state index >= 15 is 0 Å². The number of anilines is 3. The van der Waals surface area contributed by atoms with Crippen LogP contribution in [0, 0.1) is 0 Å². The highest BCUT2D eigenvalue weighted by atomic mass is 16.5. The fourth-order valence-electron chi connectivity index (χ4n) is 8.85. The molecule has 7 aromatic rings. The molecule has 0 atom stereocenters. The molecule has 7 aromatic carbocycles. The van der Waals surface area contributed by atoms with Crippen LogP contribution in [-0.2, 0) is 10.8 Å². The molecule has 0 N–H and O–H groups in total. The van der Waals surface area contributed by atoms with Crippen molar-refractivity contribution >= 4 is 17.1 Å². The molecular weight excluding hydrogens is 583 g/mol. The zero-order valence-electron chi connectivity index (χ0n) is 26.9. The van der Waals surface area contributed by atoms with Crippen LogP contribution < -0.4 is 9.64 Å². The normalized spacial score (nSPS) is 15.3. The van der Waals surface area contributed by atoms with Crippen LogP contribution in [0.4, 0.5) is 17.1 Å². The Morgan fingerprint density at radius 3 is 1.60 bits per heavy atom. The fourth-order valence-corrected chi connectivity index (χ4v) is 8.85. The third kappa shape index (κ3) is 3.52. The first-order valence-corrected chi connectivity index (χ1v) is 16.8. The molecule has 0 bridgehead atoms. The van der Waals surface area contributed by atoms with Gasteiger partial charge in [0.25, 0.3) is 0 Å². The second-order valence-electron chi connectivity index (χ2n) is 13.7. The Morgan fingerprint density at radius 2 is 0.938 bits per heavy atom. The Labute approximate surface area is 281 Å². The second-order valence-corrected chi connectivity index (χ2v) is 13.7. The molecule has 2 aliphatic carbocycles. The summed E-state index contributed by atoms with van der Waals surface area (Å²) in [6, 6.07) is 60.0. The van der Waals surface area contributed by atoms with Gasteiger partial charge in [0.15, 0.2) is 11.5 Å². The summed E-state index contributed by atoms with van der Waals surface area (Å²) in [6.07, 6.45) is 0. The van der Waals surface area contributed by atoms with E-state index in [1.807, 2.05) is 24.3 Å². The van der Waals surface area contributed by atoms with Crippen molar-refractivity contribution in [3.8, 4) is 33.8 Å². The molecule has 0 unspecified atom stereocenters. The summed E-state index contributed by atoms with van der Waals surface area (Å²) < 4.78 is 6.32. The predicted octanol–water partition coefficient (Wildman–Crippen LogP) is 11.9. The van der Waals surface area contributed by atoms with E-state index in [4.69, 9.17) is 4.74 Å². The smallest absolute Gasteiger partial charge is 0.151 e. The van der Waals surface area contributed by atoms with E-state index in [1.54, 1.807) is 0 Å². The van der Waals surface area contributed by atoms with Gasteiger partial charge in [-0.2, -0.15) is 0 Å². The van der Waals surface area contributed by atoms with Gasteiger partial charge in [-0.15, -0.1) is 0 Å². The molecule has 3 aliphatic rings. The molecule has 10 rings (SSSR count). The third-order valence-electron chi connectivity index (χ3n) is 10.9. The number of benzene rings is 7. The summed E-state index contributed by atoms with van der Waals surface area (Å²) in [7, 11) is 0. The molecule has 2 nitrogen and oxygen atoms in total. The topological polar surface area (TPSA) is 12.5 Å². The number of para-hydroxylation sites is 4. The van der Waals surface area contributed by atoms with Crippen LogP contribution in [0.2, 0.25) is 0 Å². The van der Waals surface area contributed by atoms with Crippen molar-refractivity contribution in [2.45, 2.75) is 24.7 Å². The largest absolute Gasteiger partial charge is 0.453 e. The van der Waals surface area contributed by atoms with Crippen molar-refractivity contribution in [2.24, 2.45) is 0 Å². The zero-order chi connectivity index (χ0) is 32.0. The van der Waals surface area contributed by atoms with Crippen molar-refractivity contribution in [2.75, 3.05) is 4.90 Å². The van der Waals surface area contributed by atoms with Gasteiger partial charge in [0.2, 0.25) is 0 Å². The van der Waals surface area contributed by atoms with Crippen LogP contribution in [-0.4, -0.2) is 0 Å². The number of hydrogen-bond acceptors (Lipinski definition) is 2. The van der Waals surface area contributed by atoms with Crippen LogP contribution in [0.1, 0.15) is 47.2 Å². The SMILES string of the molecule is CC1(C)c2ccccc2C2(c3ccccc3-c3ccccc32)c2cc(-c3cccc(N4c5ccccc5Oc5ccccc54)c3)ccc21. The van der Waals surface area contributed by atoms with Gasteiger partial charge in [-0.25, -0.2) is 0 Å². The van der Waals surface area contributed by atoms with Gasteiger partial charge < -0.3 is 9.64 Å². The predicted molar refractivity (Wildman–Crippen MR) is 196 cm³/mol. The number of ether oxygens (including phenoxy) is 1. The van der Waals surface area contributed by atoms with E-state index in [0.29, 0.717) is 0 Å². The fraction of sp³-hybridized carbons (Fsp3) is 0.0870. The molecule has 1 heterocycles. The van der Waals surface area contributed by atoms with E-state index in [1.165, 1.54) is 55.6 Å². The molecule has 1 aliphatic heterocycles. The summed E-state index contributed by atoms with van der Waals surface area (Å²) in [5.74, 6) is 1.72. The van der Waals surface area contributed by atoms with Gasteiger partial charge in [-0.3, -0.25) is 0 Å². The molecule has 228 valence electrons. The molecule has 0 saturated heterocycles. The standard InChI is InChI=1S/C46H33NO/c1-45(2)37-20-7-8-21-39(37)46(35-18-5-3-16-33(35)34-17-4-6-19-36(34)46)40-29-31(26-27-38(40)45)30-14-13-15-32(28-30)47-41-22-9-11-24-43(41)48-44-25-12-10-23-42(44)47/h3-29H,1-2H3. The highest BCUT2D eigenvalue weighted by Gasteiger charge is 2.53. The summed E-state index contributed by atoms with van der Waals surface area (Å²) in [5, 5.41) is 0. The van der Waals surface area contributed by atoms with E-state index in [2.05, 4.69) is 158 Å². The van der Waals surface area contributed by atoms with Crippen molar-refractivity contribution in [1.82, 2.24) is 0 Å². The molecule has 2 heteroatoms. The van der Waals surface area contributed by atoms with Gasteiger partial charge in [0, 0.05) is 11.1 Å². The highest BCUT2D eigenvalue weighted by Crippen LogP contribution is 2.62. The molecule has 0 saturated carbocycles. The third-order valence-corrected chi connectivity index (χ3v) is 10.9. The van der Waals surface area contributed by atoms with E-state index in [0.717, 1.165) is 28.6 Å². The molecule has 0 fully saturated rings. The monoisotopic (exact) mass is 615 g/mol. The maximum absolute atomic E-state index is 6.32. The average molecular weight is 616 g/mol. The minimum absolute atomic E-state index is 0.161. The molecule has 0 aromatic heterocycles. The van der Waals surface area contributed by atoms with Gasteiger partial charge in [-0.1, -0.05) is 135 Å². The maximum Gasteiger partial charge on any atom is 0.151 e. The number of fused-ring (bicyclic) bond motifs is 11. The summed E-state index contributed by atoms with van der Waals surface area (Å²) in [4.78, 5) is 2.32. The van der Waals surface area contributed by atoms with Crippen LogP contribution >= 0.6 is 0 Å². The molecular formula is C46H33NO. The van der Waals surface area contributed by atoms with Crippen molar-refractivity contribution in [1.29, 1.82) is 0 Å². The molecule has 0 amide bonds. The van der Waals surface area contributed by atoms with Crippen molar-refractivity contribution < 1.29 is 4.74 Å². The lowest BCUT2D eigenvalue weighted by Gasteiger charge is -2.47. The van der Waals surface area contributed by atoms with Gasteiger partial charge >= 0.3 is 0 Å². The van der Waals surface area contributed by atoms with Crippen molar-refractivity contribution in [3.63, 3.8) is 0 Å². The quantitative estimate of drug-likeness (QED) is 0.192. The Bertz CT molecular complexity index is 2340. The lowest BCUT2D eigenvalue weighted by atomic mass is 9.55. The average Bonchev–Trinajstić information content (AvgIpc) is 3.44. The van der Waals surface area contributed by atoms with E-state index in [-0.39, 0.29) is 5.41 Å². The Kier molecular flexibility index (Phi) is 5.58. The number of rotatable bonds is 2.